The molecule has 1 aliphatic rings. The maximum Gasteiger partial charge on any atom is 0.0474 e. The van der Waals surface area contributed by atoms with E-state index in [2.05, 4.69) is 35.6 Å². The summed E-state index contributed by atoms with van der Waals surface area (Å²) >= 11 is 0. The van der Waals surface area contributed by atoms with Gasteiger partial charge in [-0.25, -0.2) is 0 Å². The minimum absolute atomic E-state index is 0.326. The quantitative estimate of drug-likeness (QED) is 0.779. The summed E-state index contributed by atoms with van der Waals surface area (Å²) in [7, 11) is 0. The third-order valence-corrected chi connectivity index (χ3v) is 3.36. The van der Waals surface area contributed by atoms with Crippen molar-refractivity contribution < 1.29 is 5.11 Å². The maximum absolute atomic E-state index is 9.19. The molecule has 1 fully saturated rings. The zero-order valence-electron chi connectivity index (χ0n) is 9.02. The van der Waals surface area contributed by atoms with E-state index in [9.17, 15) is 5.11 Å². The highest BCUT2D eigenvalue weighted by Crippen LogP contribution is 2.21. The second-order valence-corrected chi connectivity index (χ2v) is 4.39. The fourth-order valence-electron chi connectivity index (χ4n) is 2.34. The topological polar surface area (TPSA) is 32.3 Å². The Bertz CT molecular complexity index is 286. The Morgan fingerprint density at radius 2 is 1.87 bits per heavy atom. The molecule has 1 aliphatic heterocycles. The van der Waals surface area contributed by atoms with Gasteiger partial charge in [-0.05, 0) is 36.8 Å². The molecular formula is C13H19NO. The predicted molar refractivity (Wildman–Crippen MR) is 61.7 cm³/mol. The summed E-state index contributed by atoms with van der Waals surface area (Å²) in [6.45, 7) is 2.38. The highest BCUT2D eigenvalue weighted by molar-refractivity contribution is 5.14. The Hall–Kier alpha value is -0.860. The van der Waals surface area contributed by atoms with Gasteiger partial charge in [0, 0.05) is 13.2 Å². The first kappa shape index (κ1) is 10.7. The number of aryl methyl sites for hydroxylation is 1. The summed E-state index contributed by atoms with van der Waals surface area (Å²) in [6.07, 6.45) is 2.31. The van der Waals surface area contributed by atoms with Crippen LogP contribution in [0.15, 0.2) is 30.3 Å². The highest BCUT2D eigenvalue weighted by atomic mass is 16.3. The minimum Gasteiger partial charge on any atom is -0.396 e. The molecule has 2 rings (SSSR count). The average molecular weight is 205 g/mol. The number of aliphatic hydroxyl groups excluding tert-OH is 1. The fraction of sp³-hybridized carbons (Fsp3) is 0.538. The first-order valence-corrected chi connectivity index (χ1v) is 5.75. The Labute approximate surface area is 91.3 Å². The molecule has 82 valence electrons. The lowest BCUT2D eigenvalue weighted by Gasteiger charge is -2.15. The molecule has 2 heteroatoms. The van der Waals surface area contributed by atoms with Gasteiger partial charge in [-0.15, -0.1) is 0 Å². The molecule has 1 saturated heterocycles. The number of rotatable bonds is 4. The van der Waals surface area contributed by atoms with Crippen molar-refractivity contribution in [2.75, 3.05) is 19.7 Å². The van der Waals surface area contributed by atoms with Gasteiger partial charge < -0.3 is 10.4 Å². The molecule has 0 saturated carbocycles. The molecule has 1 aromatic carbocycles. The Balaban J connectivity index is 1.83. The van der Waals surface area contributed by atoms with Crippen molar-refractivity contribution in [3.63, 3.8) is 0 Å². The van der Waals surface area contributed by atoms with Crippen molar-refractivity contribution in [3.8, 4) is 0 Å². The van der Waals surface area contributed by atoms with Gasteiger partial charge in [0.05, 0.1) is 0 Å². The number of aliphatic hydroxyl groups is 1. The molecule has 2 atom stereocenters. The molecule has 1 heterocycles. The fourth-order valence-corrected chi connectivity index (χ4v) is 2.34. The average Bonchev–Trinajstić information content (AvgIpc) is 2.75. The summed E-state index contributed by atoms with van der Waals surface area (Å²) in [4.78, 5) is 0. The van der Waals surface area contributed by atoms with Gasteiger partial charge in [0.1, 0.15) is 0 Å². The molecule has 0 unspecified atom stereocenters. The second kappa shape index (κ2) is 5.29. The van der Waals surface area contributed by atoms with Gasteiger partial charge >= 0.3 is 0 Å². The van der Waals surface area contributed by atoms with Gasteiger partial charge in [0.2, 0.25) is 0 Å². The molecule has 0 spiro atoms. The Morgan fingerprint density at radius 3 is 2.60 bits per heavy atom. The molecule has 0 aromatic heterocycles. The van der Waals surface area contributed by atoms with Crippen molar-refractivity contribution in [1.29, 1.82) is 0 Å². The van der Waals surface area contributed by atoms with Crippen LogP contribution in [-0.4, -0.2) is 24.8 Å². The Kier molecular flexibility index (Phi) is 3.75. The van der Waals surface area contributed by atoms with Gasteiger partial charge in [0.15, 0.2) is 0 Å². The summed E-state index contributed by atoms with van der Waals surface area (Å²) in [5, 5.41) is 12.5. The smallest absolute Gasteiger partial charge is 0.0474 e. The molecular weight excluding hydrogens is 186 g/mol. The van der Waals surface area contributed by atoms with Crippen LogP contribution in [0.25, 0.3) is 0 Å². The molecule has 0 amide bonds. The van der Waals surface area contributed by atoms with Crippen LogP contribution in [0, 0.1) is 11.8 Å². The van der Waals surface area contributed by atoms with Crippen LogP contribution in [0.5, 0.6) is 0 Å². The van der Waals surface area contributed by atoms with E-state index in [1.807, 2.05) is 0 Å². The molecule has 1 aromatic rings. The Morgan fingerprint density at radius 1 is 1.13 bits per heavy atom. The SMILES string of the molecule is OC[C@@H]1CNC[C@H]1CCc1ccccc1. The maximum atomic E-state index is 9.19. The van der Waals surface area contributed by atoms with Gasteiger partial charge in [0.25, 0.3) is 0 Å². The number of hydrogen-bond donors (Lipinski definition) is 2. The van der Waals surface area contributed by atoms with E-state index in [4.69, 9.17) is 0 Å². The van der Waals surface area contributed by atoms with E-state index in [1.165, 1.54) is 12.0 Å². The first-order chi connectivity index (χ1) is 7.40. The largest absolute Gasteiger partial charge is 0.396 e. The summed E-state index contributed by atoms with van der Waals surface area (Å²) < 4.78 is 0. The van der Waals surface area contributed by atoms with E-state index in [-0.39, 0.29) is 0 Å². The molecule has 0 bridgehead atoms. The van der Waals surface area contributed by atoms with E-state index < -0.39 is 0 Å². The third-order valence-electron chi connectivity index (χ3n) is 3.36. The molecule has 2 nitrogen and oxygen atoms in total. The summed E-state index contributed by atoms with van der Waals surface area (Å²) in [5.41, 5.74) is 1.40. The van der Waals surface area contributed by atoms with Crippen molar-refractivity contribution in [1.82, 2.24) is 5.32 Å². The normalized spacial score (nSPS) is 25.7. The predicted octanol–water partition coefficient (Wildman–Crippen LogP) is 1.45. The molecule has 0 radical (unpaired) electrons. The molecule has 0 aliphatic carbocycles. The third kappa shape index (κ3) is 2.80. The van der Waals surface area contributed by atoms with Crippen LogP contribution in [0.4, 0.5) is 0 Å². The lowest BCUT2D eigenvalue weighted by atomic mass is 9.91. The van der Waals surface area contributed by atoms with Gasteiger partial charge in [-0.3, -0.25) is 0 Å². The lowest BCUT2D eigenvalue weighted by molar-refractivity contribution is 0.201. The monoisotopic (exact) mass is 205 g/mol. The number of benzene rings is 1. The van der Waals surface area contributed by atoms with Crippen LogP contribution < -0.4 is 5.32 Å². The first-order valence-electron chi connectivity index (χ1n) is 5.75. The van der Waals surface area contributed by atoms with Crippen LogP contribution in [-0.2, 0) is 6.42 Å². The number of nitrogens with one attached hydrogen (secondary N) is 1. The summed E-state index contributed by atoms with van der Waals surface area (Å²) in [5.74, 6) is 1.11. The molecule has 15 heavy (non-hydrogen) atoms. The van der Waals surface area contributed by atoms with Crippen LogP contribution in [0.2, 0.25) is 0 Å². The van der Waals surface area contributed by atoms with Crippen molar-refractivity contribution >= 4 is 0 Å². The van der Waals surface area contributed by atoms with Gasteiger partial charge in [-0.1, -0.05) is 30.3 Å². The van der Waals surface area contributed by atoms with Crippen molar-refractivity contribution in [3.05, 3.63) is 35.9 Å². The minimum atomic E-state index is 0.326. The van der Waals surface area contributed by atoms with Crippen LogP contribution >= 0.6 is 0 Å². The highest BCUT2D eigenvalue weighted by Gasteiger charge is 2.25. The molecule has 2 N–H and O–H groups in total. The lowest BCUT2D eigenvalue weighted by Crippen LogP contribution is -2.17. The van der Waals surface area contributed by atoms with E-state index in [0.29, 0.717) is 18.4 Å². The standard InChI is InChI=1S/C13H19NO/c15-10-13-9-14-8-12(13)7-6-11-4-2-1-3-5-11/h1-5,12-15H,6-10H2/t12-,13+/m1/s1. The second-order valence-electron chi connectivity index (χ2n) is 4.39. The van der Waals surface area contributed by atoms with Crippen molar-refractivity contribution in [2.45, 2.75) is 12.8 Å². The van der Waals surface area contributed by atoms with Crippen molar-refractivity contribution in [2.24, 2.45) is 11.8 Å². The van der Waals surface area contributed by atoms with Gasteiger partial charge in [-0.2, -0.15) is 0 Å². The van der Waals surface area contributed by atoms with Crippen LogP contribution in [0.1, 0.15) is 12.0 Å². The summed E-state index contributed by atoms with van der Waals surface area (Å²) in [6, 6.07) is 10.6. The number of hydrogen-bond acceptors (Lipinski definition) is 2. The van der Waals surface area contributed by atoms with E-state index in [1.54, 1.807) is 0 Å². The zero-order chi connectivity index (χ0) is 10.5. The van der Waals surface area contributed by atoms with E-state index >= 15 is 0 Å². The van der Waals surface area contributed by atoms with Crippen LogP contribution in [0.3, 0.4) is 0 Å². The van der Waals surface area contributed by atoms with E-state index in [0.717, 1.165) is 19.5 Å². The zero-order valence-corrected chi connectivity index (χ0v) is 9.02.